The Hall–Kier alpha value is -1.67. The predicted molar refractivity (Wildman–Crippen MR) is 105 cm³/mol. The van der Waals surface area contributed by atoms with Gasteiger partial charge in [0.15, 0.2) is 0 Å². The number of likely N-dealkylation sites (tertiary alicyclic amines) is 1. The summed E-state index contributed by atoms with van der Waals surface area (Å²) < 4.78 is 16.0. The molecule has 2 heterocycles. The summed E-state index contributed by atoms with van der Waals surface area (Å²) >= 11 is 0. The van der Waals surface area contributed by atoms with Gasteiger partial charge in [0.1, 0.15) is 18.5 Å². The van der Waals surface area contributed by atoms with Crippen molar-refractivity contribution in [3.05, 3.63) is 29.8 Å². The maximum absolute atomic E-state index is 11.6. The quantitative estimate of drug-likeness (QED) is 0.665. The van der Waals surface area contributed by atoms with Gasteiger partial charge in [-0.15, -0.1) is 0 Å². The van der Waals surface area contributed by atoms with E-state index in [1.165, 1.54) is 12.7 Å². The molecule has 2 fully saturated rings. The monoisotopic (exact) mass is 392 g/mol. The summed E-state index contributed by atoms with van der Waals surface area (Å²) in [6.07, 6.45) is 1.01. The minimum absolute atomic E-state index is 0.0103. The number of nitrogens with zero attached hydrogens (tertiary/aromatic N) is 2. The van der Waals surface area contributed by atoms with Gasteiger partial charge >= 0.3 is 5.97 Å². The second kappa shape index (κ2) is 10.8. The van der Waals surface area contributed by atoms with Gasteiger partial charge in [0, 0.05) is 26.2 Å². The molecule has 1 unspecified atom stereocenters. The van der Waals surface area contributed by atoms with E-state index in [0.29, 0.717) is 6.54 Å². The number of ether oxygens (including phenoxy) is 3. The lowest BCUT2D eigenvalue weighted by atomic mass is 9.97. The minimum atomic E-state index is -0.558. The van der Waals surface area contributed by atoms with E-state index in [1.54, 1.807) is 0 Å². The fourth-order valence-corrected chi connectivity index (χ4v) is 3.81. The number of carbonyl (C=O) groups excluding carboxylic acids is 1. The van der Waals surface area contributed by atoms with E-state index in [0.717, 1.165) is 64.5 Å². The van der Waals surface area contributed by atoms with Crippen LogP contribution in [0.5, 0.6) is 5.75 Å². The third kappa shape index (κ3) is 6.44. The first-order chi connectivity index (χ1) is 13.6. The molecule has 3 rings (SSSR count). The normalized spacial score (nSPS) is 20.6. The summed E-state index contributed by atoms with van der Waals surface area (Å²) in [6.45, 7) is 6.79. The number of morpholine rings is 1. The van der Waals surface area contributed by atoms with Crippen LogP contribution in [0.2, 0.25) is 0 Å². The molecular weight excluding hydrogens is 360 g/mol. The lowest BCUT2D eigenvalue weighted by Gasteiger charge is -2.31. The van der Waals surface area contributed by atoms with Gasteiger partial charge in [-0.05, 0) is 43.6 Å². The Bertz CT molecular complexity index is 613. The van der Waals surface area contributed by atoms with Crippen LogP contribution in [0, 0.1) is 5.92 Å². The summed E-state index contributed by atoms with van der Waals surface area (Å²) in [4.78, 5) is 16.1. The highest BCUT2D eigenvalue weighted by Crippen LogP contribution is 2.19. The minimum Gasteiger partial charge on any atom is -0.491 e. The fraction of sp³-hybridized carbons (Fsp3) is 0.667. The lowest BCUT2D eigenvalue weighted by Crippen LogP contribution is -2.42. The van der Waals surface area contributed by atoms with Crippen molar-refractivity contribution in [2.24, 2.45) is 5.92 Å². The number of benzene rings is 1. The predicted octanol–water partition coefficient (Wildman–Crippen LogP) is 1.14. The molecule has 1 N–H and O–H groups in total. The van der Waals surface area contributed by atoms with Crippen molar-refractivity contribution in [1.82, 2.24) is 9.80 Å². The topological polar surface area (TPSA) is 71.5 Å². The molecule has 0 radical (unpaired) electrons. The lowest BCUT2D eigenvalue weighted by molar-refractivity contribution is -0.147. The molecule has 7 nitrogen and oxygen atoms in total. The number of methoxy groups -OCH3 is 1. The second-order valence-corrected chi connectivity index (χ2v) is 7.60. The van der Waals surface area contributed by atoms with E-state index in [2.05, 4.69) is 15.9 Å². The van der Waals surface area contributed by atoms with Crippen molar-refractivity contribution in [1.29, 1.82) is 0 Å². The van der Waals surface area contributed by atoms with Crippen molar-refractivity contribution in [3.63, 3.8) is 0 Å². The Kier molecular flexibility index (Phi) is 8.09. The highest BCUT2D eigenvalue weighted by Gasteiger charge is 2.26. The standard InChI is InChI=1S/C21H32N2O5/c1-26-21(25)18-5-7-22(8-6-18)15-19(24)16-28-20-4-2-3-17(13-20)14-23-9-11-27-12-10-23/h2-4,13,18-19,24H,5-12,14-16H2,1H3. The van der Waals surface area contributed by atoms with Gasteiger partial charge < -0.3 is 24.2 Å². The van der Waals surface area contributed by atoms with Crippen LogP contribution in [-0.4, -0.2) is 86.6 Å². The van der Waals surface area contributed by atoms with Gasteiger partial charge in [0.25, 0.3) is 0 Å². The van der Waals surface area contributed by atoms with Crippen LogP contribution in [0.3, 0.4) is 0 Å². The van der Waals surface area contributed by atoms with Gasteiger partial charge in [0.05, 0.1) is 26.2 Å². The molecule has 7 heteroatoms. The first kappa shape index (κ1) is 21.0. The summed E-state index contributed by atoms with van der Waals surface area (Å²) in [5.41, 5.74) is 1.21. The van der Waals surface area contributed by atoms with E-state index in [1.807, 2.05) is 18.2 Å². The number of aliphatic hydroxyl groups is 1. The molecule has 1 aromatic carbocycles. The first-order valence-corrected chi connectivity index (χ1v) is 10.1. The maximum atomic E-state index is 11.6. The van der Waals surface area contributed by atoms with Crippen LogP contribution in [-0.2, 0) is 20.8 Å². The molecule has 0 aliphatic carbocycles. The van der Waals surface area contributed by atoms with Crippen molar-refractivity contribution < 1.29 is 24.1 Å². The van der Waals surface area contributed by atoms with Crippen molar-refractivity contribution >= 4 is 5.97 Å². The molecule has 0 spiro atoms. The molecule has 0 saturated carbocycles. The van der Waals surface area contributed by atoms with E-state index >= 15 is 0 Å². The number of rotatable bonds is 8. The molecule has 2 aliphatic rings. The average Bonchev–Trinajstić information content (AvgIpc) is 2.73. The van der Waals surface area contributed by atoms with Gasteiger partial charge in [-0.2, -0.15) is 0 Å². The molecule has 0 aromatic heterocycles. The summed E-state index contributed by atoms with van der Waals surface area (Å²) in [5, 5.41) is 10.3. The number of hydrogen-bond acceptors (Lipinski definition) is 7. The van der Waals surface area contributed by atoms with Crippen LogP contribution < -0.4 is 4.74 Å². The smallest absolute Gasteiger partial charge is 0.308 e. The van der Waals surface area contributed by atoms with Gasteiger partial charge in [-0.3, -0.25) is 9.69 Å². The number of piperidine rings is 1. The average molecular weight is 392 g/mol. The molecular formula is C21H32N2O5. The summed E-state index contributed by atoms with van der Waals surface area (Å²) in [6, 6.07) is 8.07. The molecule has 1 aromatic rings. The van der Waals surface area contributed by atoms with Crippen molar-refractivity contribution in [2.75, 3.05) is 59.7 Å². The number of carbonyl (C=O) groups is 1. The molecule has 28 heavy (non-hydrogen) atoms. The number of esters is 1. The van der Waals surface area contributed by atoms with Crippen molar-refractivity contribution in [2.45, 2.75) is 25.5 Å². The Morgan fingerprint density at radius 1 is 1.21 bits per heavy atom. The van der Waals surface area contributed by atoms with Crippen LogP contribution in [0.1, 0.15) is 18.4 Å². The molecule has 2 saturated heterocycles. The van der Waals surface area contributed by atoms with Gasteiger partial charge in [-0.25, -0.2) is 0 Å². The van der Waals surface area contributed by atoms with E-state index < -0.39 is 6.10 Å². The van der Waals surface area contributed by atoms with Crippen LogP contribution >= 0.6 is 0 Å². The Labute approximate surface area is 167 Å². The molecule has 0 amide bonds. The number of aliphatic hydroxyl groups excluding tert-OH is 1. The van der Waals surface area contributed by atoms with Crippen LogP contribution in [0.25, 0.3) is 0 Å². The Morgan fingerprint density at radius 3 is 2.68 bits per heavy atom. The second-order valence-electron chi connectivity index (χ2n) is 7.60. The van der Waals surface area contributed by atoms with E-state index in [9.17, 15) is 9.90 Å². The number of hydrogen-bond donors (Lipinski definition) is 1. The summed E-state index contributed by atoms with van der Waals surface area (Å²) in [5.74, 6) is 0.651. The van der Waals surface area contributed by atoms with E-state index in [-0.39, 0.29) is 18.5 Å². The molecule has 156 valence electrons. The largest absolute Gasteiger partial charge is 0.491 e. The zero-order valence-electron chi connectivity index (χ0n) is 16.7. The van der Waals surface area contributed by atoms with Crippen LogP contribution in [0.15, 0.2) is 24.3 Å². The third-order valence-corrected chi connectivity index (χ3v) is 5.44. The third-order valence-electron chi connectivity index (χ3n) is 5.44. The summed E-state index contributed by atoms with van der Waals surface area (Å²) in [7, 11) is 1.44. The highest BCUT2D eigenvalue weighted by atomic mass is 16.5. The Balaban J connectivity index is 1.39. The van der Waals surface area contributed by atoms with Gasteiger partial charge in [0.2, 0.25) is 0 Å². The highest BCUT2D eigenvalue weighted by molar-refractivity contribution is 5.72. The molecule has 0 bridgehead atoms. The van der Waals surface area contributed by atoms with Crippen molar-refractivity contribution in [3.8, 4) is 5.75 Å². The number of β-amino-alcohol motifs (C(OH)–C–C–N with tert-alkyl or cyclic N) is 1. The maximum Gasteiger partial charge on any atom is 0.308 e. The SMILES string of the molecule is COC(=O)C1CCN(CC(O)COc2cccc(CN3CCOCC3)c2)CC1. The zero-order valence-corrected chi connectivity index (χ0v) is 16.7. The van der Waals surface area contributed by atoms with Gasteiger partial charge in [-0.1, -0.05) is 12.1 Å². The molecule has 1 atom stereocenters. The molecule has 2 aliphatic heterocycles. The zero-order chi connectivity index (χ0) is 19.8. The fourth-order valence-electron chi connectivity index (χ4n) is 3.81. The first-order valence-electron chi connectivity index (χ1n) is 10.1. The van der Waals surface area contributed by atoms with Crippen LogP contribution in [0.4, 0.5) is 0 Å². The van der Waals surface area contributed by atoms with E-state index in [4.69, 9.17) is 14.2 Å². The Morgan fingerprint density at radius 2 is 1.96 bits per heavy atom.